The van der Waals surface area contributed by atoms with E-state index in [4.69, 9.17) is 10.2 Å². The van der Waals surface area contributed by atoms with Gasteiger partial charge in [0.1, 0.15) is 22.7 Å². The number of benzene rings is 2. The Hall–Kier alpha value is -2.52. The molecule has 9 heteroatoms. The van der Waals surface area contributed by atoms with E-state index in [1.807, 2.05) is 25.1 Å². The molecule has 0 unspecified atom stereocenters. The summed E-state index contributed by atoms with van der Waals surface area (Å²) in [4.78, 5) is 29.0. The summed E-state index contributed by atoms with van der Waals surface area (Å²) in [5, 5.41) is 19.0. The van der Waals surface area contributed by atoms with Crippen molar-refractivity contribution >= 4 is 46.4 Å². The Kier molecular flexibility index (Phi) is 11.1. The first kappa shape index (κ1) is 29.5. The fourth-order valence-electron chi connectivity index (χ4n) is 2.64. The SMILES string of the molecule is CC(C)(C)S.Cc1cccc2ccc(C(=O)O)nc12.O=C(O)c1ccc2cccc(F)c2n1.[H-].[Na+]. The van der Waals surface area contributed by atoms with Crippen molar-refractivity contribution in [3.8, 4) is 0 Å². The third-order valence-corrected chi connectivity index (χ3v) is 4.03. The topological polar surface area (TPSA) is 100 Å². The first-order valence-corrected chi connectivity index (χ1v) is 10.4. The molecule has 0 spiro atoms. The zero-order chi connectivity index (χ0) is 24.8. The molecule has 2 aromatic heterocycles. The van der Waals surface area contributed by atoms with Gasteiger partial charge in [-0.25, -0.2) is 23.9 Å². The molecule has 0 amide bonds. The number of carbonyl (C=O) groups is 2. The zero-order valence-electron chi connectivity index (χ0n) is 20.7. The van der Waals surface area contributed by atoms with Gasteiger partial charge in [-0.05, 0) is 30.7 Å². The maximum Gasteiger partial charge on any atom is 1.00 e. The predicted molar refractivity (Wildman–Crippen MR) is 132 cm³/mol. The summed E-state index contributed by atoms with van der Waals surface area (Å²) in [6.45, 7) is 8.07. The van der Waals surface area contributed by atoms with Gasteiger partial charge >= 0.3 is 41.5 Å². The Morgan fingerprint density at radius 1 is 0.824 bits per heavy atom. The molecule has 0 atom stereocenters. The predicted octanol–water partition coefficient (Wildman–Crippen LogP) is 3.14. The van der Waals surface area contributed by atoms with Crippen molar-refractivity contribution in [2.45, 2.75) is 32.4 Å². The summed E-state index contributed by atoms with van der Waals surface area (Å²) in [7, 11) is 0. The standard InChI is InChI=1S/C11H9NO2.C10H6FNO2.C4H10S.Na.H/c1-7-3-2-4-8-5-6-9(11(13)14)12-10(7)8;11-7-3-1-2-6-4-5-8(10(13)14)12-9(6)7;1-4(2,3)5;;/h2-6H,1H3,(H,13,14);1-5H,(H,13,14);5H,1-3H3;;/q;;;+1;-1. The Morgan fingerprint density at radius 2 is 1.24 bits per heavy atom. The average molecular weight is 493 g/mol. The second-order valence-corrected chi connectivity index (χ2v) is 9.47. The van der Waals surface area contributed by atoms with E-state index in [2.05, 4.69) is 43.4 Å². The third-order valence-electron chi connectivity index (χ3n) is 4.03. The molecule has 0 aliphatic heterocycles. The van der Waals surface area contributed by atoms with Gasteiger partial charge in [-0.1, -0.05) is 63.2 Å². The van der Waals surface area contributed by atoms with Crippen LogP contribution in [0.5, 0.6) is 0 Å². The summed E-state index contributed by atoms with van der Waals surface area (Å²) in [6, 6.07) is 16.4. The number of carboxylic acids is 2. The van der Waals surface area contributed by atoms with Gasteiger partial charge in [0, 0.05) is 15.5 Å². The minimum Gasteiger partial charge on any atom is -1.00 e. The van der Waals surface area contributed by atoms with Crippen molar-refractivity contribution in [3.63, 3.8) is 0 Å². The fraction of sp³-hybridized carbons (Fsp3) is 0.200. The summed E-state index contributed by atoms with van der Waals surface area (Å²) < 4.78 is 13.4. The Balaban J connectivity index is 0.000000531. The van der Waals surface area contributed by atoms with E-state index >= 15 is 0 Å². The molecule has 34 heavy (non-hydrogen) atoms. The van der Waals surface area contributed by atoms with Crippen LogP contribution < -0.4 is 29.6 Å². The summed E-state index contributed by atoms with van der Waals surface area (Å²) in [6.07, 6.45) is 0. The number of hydrogen-bond acceptors (Lipinski definition) is 5. The van der Waals surface area contributed by atoms with Crippen LogP contribution in [-0.2, 0) is 0 Å². The van der Waals surface area contributed by atoms with Crippen molar-refractivity contribution in [1.29, 1.82) is 0 Å². The summed E-state index contributed by atoms with van der Waals surface area (Å²) in [5.41, 5.74) is 1.78. The second-order valence-electron chi connectivity index (χ2n) is 8.13. The molecule has 174 valence electrons. The average Bonchev–Trinajstić information content (AvgIpc) is 2.73. The van der Waals surface area contributed by atoms with Crippen molar-refractivity contribution in [2.75, 3.05) is 0 Å². The maximum absolute atomic E-state index is 13.2. The third kappa shape index (κ3) is 9.02. The van der Waals surface area contributed by atoms with Gasteiger partial charge in [0.05, 0.1) is 5.52 Å². The molecule has 0 bridgehead atoms. The van der Waals surface area contributed by atoms with Crippen LogP contribution in [0.4, 0.5) is 4.39 Å². The van der Waals surface area contributed by atoms with Gasteiger partial charge in [-0.2, -0.15) is 12.6 Å². The maximum atomic E-state index is 13.2. The fourth-order valence-corrected chi connectivity index (χ4v) is 2.64. The van der Waals surface area contributed by atoms with E-state index in [9.17, 15) is 14.0 Å². The van der Waals surface area contributed by atoms with Gasteiger partial charge in [0.2, 0.25) is 0 Å². The molecule has 0 saturated carbocycles. The van der Waals surface area contributed by atoms with Gasteiger partial charge in [0.25, 0.3) is 0 Å². The number of nitrogens with zero attached hydrogens (tertiary/aromatic N) is 2. The summed E-state index contributed by atoms with van der Waals surface area (Å²) >= 11 is 4.12. The molecular formula is C25H26FN2NaO4S. The van der Waals surface area contributed by atoms with Gasteiger partial charge in [-0.15, -0.1) is 0 Å². The van der Waals surface area contributed by atoms with Crippen LogP contribution in [0.15, 0.2) is 60.7 Å². The number of carboxylic acid groups (broad SMARTS) is 2. The number of aromatic nitrogens is 2. The number of rotatable bonds is 2. The molecule has 2 N–H and O–H groups in total. The van der Waals surface area contributed by atoms with Crippen molar-refractivity contribution in [1.82, 2.24) is 9.97 Å². The number of aryl methyl sites for hydroxylation is 1. The summed E-state index contributed by atoms with van der Waals surface area (Å²) in [5.74, 6) is -2.66. The zero-order valence-corrected chi connectivity index (χ0v) is 22.6. The number of para-hydroxylation sites is 2. The van der Waals surface area contributed by atoms with Crippen molar-refractivity contribution in [2.24, 2.45) is 0 Å². The van der Waals surface area contributed by atoms with Crippen LogP contribution in [0, 0.1) is 12.7 Å². The van der Waals surface area contributed by atoms with E-state index in [0.29, 0.717) is 5.39 Å². The van der Waals surface area contributed by atoms with Gasteiger partial charge in [0.15, 0.2) is 0 Å². The number of aromatic carboxylic acids is 2. The second kappa shape index (κ2) is 12.8. The van der Waals surface area contributed by atoms with E-state index in [-0.39, 0.29) is 52.6 Å². The number of pyridine rings is 2. The van der Waals surface area contributed by atoms with Crippen LogP contribution in [-0.4, -0.2) is 36.9 Å². The van der Waals surface area contributed by atoms with E-state index in [1.54, 1.807) is 18.2 Å². The molecular weight excluding hydrogens is 466 g/mol. The molecule has 0 fully saturated rings. The molecule has 0 aliphatic carbocycles. The number of hydrogen-bond donors (Lipinski definition) is 3. The van der Waals surface area contributed by atoms with Crippen LogP contribution >= 0.6 is 12.6 Å². The van der Waals surface area contributed by atoms with Crippen molar-refractivity contribution in [3.05, 3.63) is 83.4 Å². The molecule has 2 aromatic carbocycles. The molecule has 2 heterocycles. The van der Waals surface area contributed by atoms with E-state index in [1.165, 1.54) is 24.3 Å². The quantitative estimate of drug-likeness (QED) is 0.294. The molecule has 0 aliphatic rings. The Morgan fingerprint density at radius 3 is 1.71 bits per heavy atom. The first-order chi connectivity index (χ1) is 15.4. The minimum absolute atomic E-state index is 0. The number of halogens is 1. The molecule has 6 nitrogen and oxygen atoms in total. The molecule has 0 saturated heterocycles. The molecule has 4 aromatic rings. The van der Waals surface area contributed by atoms with E-state index in [0.717, 1.165) is 16.5 Å². The van der Waals surface area contributed by atoms with Crippen LogP contribution in [0.2, 0.25) is 0 Å². The first-order valence-electron chi connectivity index (χ1n) is 9.97. The normalized spacial score (nSPS) is 10.3. The van der Waals surface area contributed by atoms with Crippen LogP contribution in [0.1, 0.15) is 48.7 Å². The van der Waals surface area contributed by atoms with E-state index < -0.39 is 17.8 Å². The van der Waals surface area contributed by atoms with Gasteiger partial charge < -0.3 is 11.6 Å². The Labute approximate surface area is 226 Å². The monoisotopic (exact) mass is 492 g/mol. The number of thiol groups is 1. The molecule has 4 rings (SSSR count). The van der Waals surface area contributed by atoms with Crippen LogP contribution in [0.25, 0.3) is 21.8 Å². The minimum atomic E-state index is -1.16. The Bertz CT molecular complexity index is 1210. The van der Waals surface area contributed by atoms with Crippen LogP contribution in [0.3, 0.4) is 0 Å². The van der Waals surface area contributed by atoms with Gasteiger partial charge in [-0.3, -0.25) is 0 Å². The molecule has 0 radical (unpaired) electrons. The number of fused-ring (bicyclic) bond motifs is 2. The smallest absolute Gasteiger partial charge is 1.00 e. The largest absolute Gasteiger partial charge is 1.00 e. The van der Waals surface area contributed by atoms with Crippen molar-refractivity contribution < 1.29 is 55.2 Å².